The van der Waals surface area contributed by atoms with Gasteiger partial charge in [0.1, 0.15) is 5.75 Å². The topological polar surface area (TPSA) is 67.3 Å². The monoisotopic (exact) mass is 464 g/mol. The summed E-state index contributed by atoms with van der Waals surface area (Å²) in [6, 6.07) is 29.4. The summed E-state index contributed by atoms with van der Waals surface area (Å²) in [4.78, 5) is 14.9. The Hall–Kier alpha value is -4.19. The lowest BCUT2D eigenvalue weighted by molar-refractivity contribution is -0.118. The number of anilines is 2. The van der Waals surface area contributed by atoms with E-state index in [0.29, 0.717) is 11.4 Å². The zero-order valence-corrected chi connectivity index (χ0v) is 19.6. The van der Waals surface area contributed by atoms with Crippen LogP contribution in [0.25, 0.3) is 22.4 Å². The summed E-state index contributed by atoms with van der Waals surface area (Å²) < 4.78 is 5.87. The van der Waals surface area contributed by atoms with Crippen molar-refractivity contribution < 1.29 is 9.53 Å². The first-order chi connectivity index (χ1) is 17.3. The van der Waals surface area contributed by atoms with Gasteiger partial charge in [-0.3, -0.25) is 4.79 Å². The molecule has 6 heteroatoms. The van der Waals surface area contributed by atoms with Gasteiger partial charge in [0, 0.05) is 29.9 Å². The van der Waals surface area contributed by atoms with E-state index in [1.165, 1.54) is 19.3 Å². The number of hydrogen-bond donors (Lipinski definition) is 1. The molecule has 35 heavy (non-hydrogen) atoms. The van der Waals surface area contributed by atoms with E-state index in [-0.39, 0.29) is 12.5 Å². The van der Waals surface area contributed by atoms with E-state index in [0.717, 1.165) is 41.3 Å². The summed E-state index contributed by atoms with van der Waals surface area (Å²) in [7, 11) is 0. The number of amides is 1. The summed E-state index contributed by atoms with van der Waals surface area (Å²) in [6.07, 6.45) is 3.69. The van der Waals surface area contributed by atoms with Crippen molar-refractivity contribution in [3.8, 4) is 28.1 Å². The largest absolute Gasteiger partial charge is 0.483 e. The van der Waals surface area contributed by atoms with Crippen molar-refractivity contribution in [3.63, 3.8) is 0 Å². The average Bonchev–Trinajstić information content (AvgIpc) is 2.93. The maximum absolute atomic E-state index is 12.6. The number of nitrogens with one attached hydrogen (secondary N) is 1. The highest BCUT2D eigenvalue weighted by Gasteiger charge is 2.13. The van der Waals surface area contributed by atoms with Crippen molar-refractivity contribution in [2.75, 3.05) is 29.9 Å². The highest BCUT2D eigenvalue weighted by atomic mass is 16.5. The van der Waals surface area contributed by atoms with E-state index < -0.39 is 0 Å². The van der Waals surface area contributed by atoms with E-state index in [2.05, 4.69) is 20.4 Å². The number of carbonyl (C=O) groups excluding carboxylic acids is 1. The third kappa shape index (κ3) is 5.66. The minimum atomic E-state index is -0.225. The molecule has 0 atom stereocenters. The van der Waals surface area contributed by atoms with Crippen LogP contribution in [0.2, 0.25) is 0 Å². The van der Waals surface area contributed by atoms with E-state index in [1.807, 2.05) is 91.0 Å². The summed E-state index contributed by atoms with van der Waals surface area (Å²) in [5.74, 6) is 1.37. The minimum Gasteiger partial charge on any atom is -0.483 e. The van der Waals surface area contributed by atoms with Gasteiger partial charge in [-0.1, -0.05) is 60.7 Å². The number of benzene rings is 3. The van der Waals surface area contributed by atoms with Crippen LogP contribution in [0.1, 0.15) is 19.3 Å². The van der Waals surface area contributed by atoms with Crippen LogP contribution in [0, 0.1) is 0 Å². The number of nitrogens with zero attached hydrogens (tertiary/aromatic N) is 3. The van der Waals surface area contributed by atoms with Gasteiger partial charge in [0.25, 0.3) is 5.91 Å². The highest BCUT2D eigenvalue weighted by molar-refractivity contribution is 5.92. The van der Waals surface area contributed by atoms with Crippen LogP contribution in [0.3, 0.4) is 0 Å². The number of carbonyl (C=O) groups is 1. The highest BCUT2D eigenvalue weighted by Crippen LogP contribution is 2.29. The molecule has 1 aliphatic rings. The Morgan fingerprint density at radius 1 is 0.800 bits per heavy atom. The predicted molar refractivity (Wildman–Crippen MR) is 140 cm³/mol. The van der Waals surface area contributed by atoms with Gasteiger partial charge >= 0.3 is 0 Å². The third-order valence-corrected chi connectivity index (χ3v) is 6.10. The number of para-hydroxylation sites is 1. The van der Waals surface area contributed by atoms with Crippen LogP contribution in [0.4, 0.5) is 11.5 Å². The van der Waals surface area contributed by atoms with E-state index >= 15 is 0 Å². The summed E-state index contributed by atoms with van der Waals surface area (Å²) in [5.41, 5.74) is 4.36. The van der Waals surface area contributed by atoms with Gasteiger partial charge < -0.3 is 15.0 Å². The van der Waals surface area contributed by atoms with Crippen molar-refractivity contribution in [1.82, 2.24) is 10.2 Å². The number of rotatable bonds is 7. The third-order valence-electron chi connectivity index (χ3n) is 6.10. The fourth-order valence-corrected chi connectivity index (χ4v) is 4.32. The fourth-order valence-electron chi connectivity index (χ4n) is 4.32. The first-order valence-corrected chi connectivity index (χ1v) is 12.0. The summed E-state index contributed by atoms with van der Waals surface area (Å²) in [6.45, 7) is 1.99. The van der Waals surface area contributed by atoms with Gasteiger partial charge in [0.05, 0.1) is 5.69 Å². The van der Waals surface area contributed by atoms with Gasteiger partial charge in [-0.15, -0.1) is 10.2 Å². The molecule has 2 heterocycles. The summed E-state index contributed by atoms with van der Waals surface area (Å²) in [5, 5.41) is 11.8. The molecule has 176 valence electrons. The van der Waals surface area contributed by atoms with Crippen LogP contribution in [0.15, 0.2) is 91.0 Å². The molecule has 1 amide bonds. The van der Waals surface area contributed by atoms with Crippen molar-refractivity contribution in [1.29, 1.82) is 0 Å². The Balaban J connectivity index is 1.22. The lowest BCUT2D eigenvalue weighted by Crippen LogP contribution is -2.30. The molecule has 1 aliphatic heterocycles. The number of ether oxygens (including phenoxy) is 1. The molecular weight excluding hydrogens is 436 g/mol. The first-order valence-electron chi connectivity index (χ1n) is 12.0. The molecule has 0 radical (unpaired) electrons. The van der Waals surface area contributed by atoms with Gasteiger partial charge in [0.2, 0.25) is 0 Å². The second kappa shape index (κ2) is 10.8. The van der Waals surface area contributed by atoms with E-state index in [9.17, 15) is 4.79 Å². The molecule has 3 aromatic carbocycles. The van der Waals surface area contributed by atoms with Crippen molar-refractivity contribution in [3.05, 3.63) is 91.0 Å². The maximum atomic E-state index is 12.6. The lowest BCUT2D eigenvalue weighted by atomic mass is 10.1. The van der Waals surface area contributed by atoms with Crippen LogP contribution in [0.5, 0.6) is 5.75 Å². The Bertz CT molecular complexity index is 1270. The van der Waals surface area contributed by atoms with Crippen LogP contribution < -0.4 is 15.0 Å². The zero-order valence-electron chi connectivity index (χ0n) is 19.6. The number of piperidine rings is 1. The van der Waals surface area contributed by atoms with Crippen molar-refractivity contribution >= 4 is 17.4 Å². The molecule has 1 N–H and O–H groups in total. The second-order valence-corrected chi connectivity index (χ2v) is 8.60. The van der Waals surface area contributed by atoms with Gasteiger partial charge in [0.15, 0.2) is 12.4 Å². The SMILES string of the molecule is O=C(COc1ccccc1-c1ccccc1)Nc1cccc(-c2ccc(N3CCCCC3)nn2)c1. The van der Waals surface area contributed by atoms with Crippen molar-refractivity contribution in [2.24, 2.45) is 0 Å². The van der Waals surface area contributed by atoms with Crippen LogP contribution in [-0.2, 0) is 4.79 Å². The molecule has 0 unspecified atom stereocenters. The normalized spacial score (nSPS) is 13.3. The number of hydrogen-bond acceptors (Lipinski definition) is 5. The molecule has 1 saturated heterocycles. The fraction of sp³-hybridized carbons (Fsp3) is 0.207. The molecule has 1 fully saturated rings. The standard InChI is InChI=1S/C29H28N4O2/c34-29(21-35-27-15-6-5-14-25(27)22-10-3-1-4-11-22)30-24-13-9-12-23(20-24)26-16-17-28(32-31-26)33-18-7-2-8-19-33/h1,3-6,9-17,20H,2,7-8,18-19,21H2,(H,30,34). The lowest BCUT2D eigenvalue weighted by Gasteiger charge is -2.27. The molecule has 4 aromatic rings. The Kier molecular flexibility index (Phi) is 6.99. The molecule has 1 aromatic heterocycles. The second-order valence-electron chi connectivity index (χ2n) is 8.60. The Morgan fingerprint density at radius 2 is 1.57 bits per heavy atom. The minimum absolute atomic E-state index is 0.0849. The quantitative estimate of drug-likeness (QED) is 0.373. The molecule has 0 spiro atoms. The van der Waals surface area contributed by atoms with Gasteiger partial charge in [-0.05, 0) is 55.2 Å². The zero-order chi connectivity index (χ0) is 23.9. The molecule has 0 aliphatic carbocycles. The smallest absolute Gasteiger partial charge is 0.262 e. The van der Waals surface area contributed by atoms with E-state index in [4.69, 9.17) is 4.74 Å². The maximum Gasteiger partial charge on any atom is 0.262 e. The van der Waals surface area contributed by atoms with E-state index in [1.54, 1.807) is 0 Å². The van der Waals surface area contributed by atoms with Crippen molar-refractivity contribution in [2.45, 2.75) is 19.3 Å². The Morgan fingerprint density at radius 3 is 2.37 bits per heavy atom. The van der Waals surface area contributed by atoms with Crippen LogP contribution in [-0.4, -0.2) is 35.8 Å². The first kappa shape index (κ1) is 22.6. The molecule has 6 nitrogen and oxygen atoms in total. The number of aromatic nitrogens is 2. The van der Waals surface area contributed by atoms with Gasteiger partial charge in [-0.25, -0.2) is 0 Å². The molecular formula is C29H28N4O2. The van der Waals surface area contributed by atoms with Crippen LogP contribution >= 0.6 is 0 Å². The summed E-state index contributed by atoms with van der Waals surface area (Å²) >= 11 is 0. The van der Waals surface area contributed by atoms with Gasteiger partial charge in [-0.2, -0.15) is 0 Å². The predicted octanol–water partition coefficient (Wildman–Crippen LogP) is 5.82. The molecule has 5 rings (SSSR count). The Labute approximate surface area is 205 Å². The molecule has 0 bridgehead atoms. The average molecular weight is 465 g/mol. The molecule has 0 saturated carbocycles.